The first-order valence-corrected chi connectivity index (χ1v) is 7.54. The standard InChI is InChI=1S/C15H20BrNO2/c1-10-4-3-5-12(8-10)17(2)14-9-11(16)6-7-13(14)15(18)19/h6-7,9-10,12H,3-5,8H2,1-2H3,(H,18,19). The number of halogens is 1. The minimum absolute atomic E-state index is 0.379. The van der Waals surface area contributed by atoms with E-state index < -0.39 is 5.97 Å². The van der Waals surface area contributed by atoms with Gasteiger partial charge in [-0.15, -0.1) is 0 Å². The van der Waals surface area contributed by atoms with Crippen LogP contribution in [0.1, 0.15) is 43.0 Å². The Morgan fingerprint density at radius 1 is 1.42 bits per heavy atom. The number of aromatic carboxylic acids is 1. The number of benzene rings is 1. The molecule has 0 aliphatic heterocycles. The van der Waals surface area contributed by atoms with Gasteiger partial charge in [-0.2, -0.15) is 0 Å². The predicted molar refractivity (Wildman–Crippen MR) is 80.9 cm³/mol. The number of carboxylic acids is 1. The normalized spacial score (nSPS) is 23.1. The molecule has 3 nitrogen and oxygen atoms in total. The van der Waals surface area contributed by atoms with Gasteiger partial charge in [0.25, 0.3) is 0 Å². The van der Waals surface area contributed by atoms with E-state index in [1.54, 1.807) is 12.1 Å². The molecule has 1 fully saturated rings. The van der Waals surface area contributed by atoms with Gasteiger partial charge in [0.05, 0.1) is 11.3 Å². The van der Waals surface area contributed by atoms with Crippen molar-refractivity contribution in [3.63, 3.8) is 0 Å². The third kappa shape index (κ3) is 3.30. The molecule has 0 saturated heterocycles. The van der Waals surface area contributed by atoms with E-state index in [1.807, 2.05) is 13.1 Å². The van der Waals surface area contributed by atoms with E-state index in [9.17, 15) is 9.90 Å². The summed E-state index contributed by atoms with van der Waals surface area (Å²) in [6.45, 7) is 2.28. The molecule has 0 amide bonds. The zero-order valence-electron chi connectivity index (χ0n) is 11.4. The number of carbonyl (C=O) groups is 1. The van der Waals surface area contributed by atoms with Crippen molar-refractivity contribution in [3.8, 4) is 0 Å². The third-order valence-electron chi connectivity index (χ3n) is 4.03. The van der Waals surface area contributed by atoms with Crippen LogP contribution < -0.4 is 4.90 Å². The summed E-state index contributed by atoms with van der Waals surface area (Å²) in [4.78, 5) is 13.5. The van der Waals surface area contributed by atoms with Crippen molar-refractivity contribution in [3.05, 3.63) is 28.2 Å². The van der Waals surface area contributed by atoms with Crippen LogP contribution in [0.5, 0.6) is 0 Å². The summed E-state index contributed by atoms with van der Waals surface area (Å²) in [5.41, 5.74) is 1.19. The molecule has 0 heterocycles. The van der Waals surface area contributed by atoms with Crippen molar-refractivity contribution in [2.75, 3.05) is 11.9 Å². The molecule has 19 heavy (non-hydrogen) atoms. The Kier molecular flexibility index (Phi) is 4.50. The highest BCUT2D eigenvalue weighted by Gasteiger charge is 2.25. The van der Waals surface area contributed by atoms with E-state index in [2.05, 4.69) is 27.8 Å². The molecule has 2 rings (SSSR count). The van der Waals surface area contributed by atoms with Crippen molar-refractivity contribution < 1.29 is 9.90 Å². The zero-order valence-corrected chi connectivity index (χ0v) is 13.0. The van der Waals surface area contributed by atoms with Crippen LogP contribution >= 0.6 is 15.9 Å². The summed E-state index contributed by atoms with van der Waals surface area (Å²) in [5.74, 6) is -0.139. The molecule has 2 unspecified atom stereocenters. The first-order valence-electron chi connectivity index (χ1n) is 6.74. The summed E-state index contributed by atoms with van der Waals surface area (Å²) in [5, 5.41) is 9.31. The highest BCUT2D eigenvalue weighted by Crippen LogP contribution is 2.32. The van der Waals surface area contributed by atoms with Crippen molar-refractivity contribution in [2.45, 2.75) is 38.6 Å². The largest absolute Gasteiger partial charge is 0.478 e. The molecule has 2 atom stereocenters. The van der Waals surface area contributed by atoms with Crippen molar-refractivity contribution >= 4 is 27.6 Å². The predicted octanol–water partition coefficient (Wildman–Crippen LogP) is 4.16. The summed E-state index contributed by atoms with van der Waals surface area (Å²) >= 11 is 3.43. The van der Waals surface area contributed by atoms with Crippen LogP contribution in [0.3, 0.4) is 0 Å². The lowest BCUT2D eigenvalue weighted by Gasteiger charge is -2.36. The molecule has 0 radical (unpaired) electrons. The lowest BCUT2D eigenvalue weighted by molar-refractivity contribution is 0.0697. The van der Waals surface area contributed by atoms with Crippen LogP contribution in [0.15, 0.2) is 22.7 Å². The minimum atomic E-state index is -0.863. The fraction of sp³-hybridized carbons (Fsp3) is 0.533. The molecule has 4 heteroatoms. The van der Waals surface area contributed by atoms with Gasteiger partial charge in [-0.05, 0) is 37.0 Å². The van der Waals surface area contributed by atoms with Crippen LogP contribution in [-0.4, -0.2) is 24.2 Å². The first-order chi connectivity index (χ1) is 8.99. The topological polar surface area (TPSA) is 40.5 Å². The van der Waals surface area contributed by atoms with Crippen LogP contribution in [0.2, 0.25) is 0 Å². The average molecular weight is 326 g/mol. The Labute approximate surface area is 122 Å². The van der Waals surface area contributed by atoms with Gasteiger partial charge in [-0.25, -0.2) is 4.79 Å². The second kappa shape index (κ2) is 5.95. The molecular weight excluding hydrogens is 306 g/mol. The number of hydrogen-bond donors (Lipinski definition) is 1. The monoisotopic (exact) mass is 325 g/mol. The zero-order chi connectivity index (χ0) is 14.0. The second-order valence-corrected chi connectivity index (χ2v) is 6.42. The third-order valence-corrected chi connectivity index (χ3v) is 4.52. The van der Waals surface area contributed by atoms with Gasteiger partial charge in [-0.3, -0.25) is 0 Å². The SMILES string of the molecule is CC1CCCC(N(C)c2cc(Br)ccc2C(=O)O)C1. The molecule has 1 saturated carbocycles. The molecule has 1 N–H and O–H groups in total. The van der Waals surface area contributed by atoms with Gasteiger partial charge in [0.2, 0.25) is 0 Å². The van der Waals surface area contributed by atoms with E-state index in [0.717, 1.165) is 28.9 Å². The van der Waals surface area contributed by atoms with Crippen molar-refractivity contribution in [2.24, 2.45) is 5.92 Å². The minimum Gasteiger partial charge on any atom is -0.478 e. The van der Waals surface area contributed by atoms with Gasteiger partial charge in [-0.1, -0.05) is 35.7 Å². The van der Waals surface area contributed by atoms with E-state index in [-0.39, 0.29) is 0 Å². The highest BCUT2D eigenvalue weighted by molar-refractivity contribution is 9.10. The first kappa shape index (κ1) is 14.4. The van der Waals surface area contributed by atoms with Gasteiger partial charge in [0, 0.05) is 17.6 Å². The molecule has 1 aliphatic rings. The average Bonchev–Trinajstić information content (AvgIpc) is 2.37. The number of nitrogens with zero attached hydrogens (tertiary/aromatic N) is 1. The van der Waals surface area contributed by atoms with Gasteiger partial charge >= 0.3 is 5.97 Å². The lowest BCUT2D eigenvalue weighted by atomic mass is 9.86. The van der Waals surface area contributed by atoms with Gasteiger partial charge in [0.15, 0.2) is 0 Å². The van der Waals surface area contributed by atoms with Crippen LogP contribution in [-0.2, 0) is 0 Å². The maximum absolute atomic E-state index is 11.3. The Morgan fingerprint density at radius 2 is 2.16 bits per heavy atom. The summed E-state index contributed by atoms with van der Waals surface area (Å²) in [6, 6.07) is 5.80. The van der Waals surface area contributed by atoms with Gasteiger partial charge in [0.1, 0.15) is 0 Å². The smallest absolute Gasteiger partial charge is 0.337 e. The van der Waals surface area contributed by atoms with E-state index in [4.69, 9.17) is 0 Å². The Hall–Kier alpha value is -1.03. The Balaban J connectivity index is 2.29. The number of carboxylic acid groups (broad SMARTS) is 1. The molecule has 0 bridgehead atoms. The molecule has 104 valence electrons. The van der Waals surface area contributed by atoms with E-state index in [0.29, 0.717) is 11.6 Å². The highest BCUT2D eigenvalue weighted by atomic mass is 79.9. The fourth-order valence-electron chi connectivity index (χ4n) is 2.93. The number of anilines is 1. The number of hydrogen-bond acceptors (Lipinski definition) is 2. The second-order valence-electron chi connectivity index (χ2n) is 5.50. The Morgan fingerprint density at radius 3 is 2.79 bits per heavy atom. The van der Waals surface area contributed by atoms with E-state index in [1.165, 1.54) is 12.8 Å². The molecule has 1 aliphatic carbocycles. The Bertz CT molecular complexity index is 475. The maximum atomic E-state index is 11.3. The number of rotatable bonds is 3. The van der Waals surface area contributed by atoms with Gasteiger partial charge < -0.3 is 10.0 Å². The summed E-state index contributed by atoms with van der Waals surface area (Å²) in [7, 11) is 2.01. The molecule has 0 spiro atoms. The fourth-order valence-corrected chi connectivity index (χ4v) is 3.28. The lowest BCUT2D eigenvalue weighted by Crippen LogP contribution is -2.36. The molecule has 1 aromatic carbocycles. The molecule has 1 aromatic rings. The van der Waals surface area contributed by atoms with E-state index >= 15 is 0 Å². The van der Waals surface area contributed by atoms with Crippen molar-refractivity contribution in [1.82, 2.24) is 0 Å². The van der Waals surface area contributed by atoms with Crippen LogP contribution in [0.4, 0.5) is 5.69 Å². The van der Waals surface area contributed by atoms with Crippen LogP contribution in [0, 0.1) is 5.92 Å². The molecular formula is C15H20BrNO2. The van der Waals surface area contributed by atoms with Crippen molar-refractivity contribution in [1.29, 1.82) is 0 Å². The summed E-state index contributed by atoms with van der Waals surface area (Å²) < 4.78 is 0.920. The maximum Gasteiger partial charge on any atom is 0.337 e. The van der Waals surface area contributed by atoms with Crippen LogP contribution in [0.25, 0.3) is 0 Å². The summed E-state index contributed by atoms with van der Waals surface area (Å²) in [6.07, 6.45) is 4.80. The quantitative estimate of drug-likeness (QED) is 0.907. The molecule has 0 aromatic heterocycles.